The molecule has 3 aromatic heterocycles. The summed E-state index contributed by atoms with van der Waals surface area (Å²) >= 11 is 0. The molecule has 3 heterocycles. The maximum absolute atomic E-state index is 13.0. The van der Waals surface area contributed by atoms with E-state index in [1.165, 1.54) is 6.07 Å². The topological polar surface area (TPSA) is 111 Å². The van der Waals surface area contributed by atoms with Crippen LogP contribution in [0.5, 0.6) is 5.75 Å². The van der Waals surface area contributed by atoms with E-state index in [0.717, 1.165) is 18.5 Å². The number of amides is 2. The van der Waals surface area contributed by atoms with Crippen LogP contribution in [0.2, 0.25) is 0 Å². The number of carbonyl (C=O) groups is 2. The number of furan rings is 1. The van der Waals surface area contributed by atoms with Gasteiger partial charge in [-0.25, -0.2) is 9.67 Å². The minimum atomic E-state index is -0.565. The van der Waals surface area contributed by atoms with Crippen molar-refractivity contribution in [3.63, 3.8) is 0 Å². The van der Waals surface area contributed by atoms with Crippen LogP contribution in [0.1, 0.15) is 71.0 Å². The van der Waals surface area contributed by atoms with Crippen molar-refractivity contribution in [1.29, 1.82) is 0 Å². The van der Waals surface area contributed by atoms with E-state index in [1.807, 2.05) is 44.2 Å². The normalized spacial score (nSPS) is 13.3. The predicted molar refractivity (Wildman–Crippen MR) is 124 cm³/mol. The summed E-state index contributed by atoms with van der Waals surface area (Å²) in [5, 5.41) is 5.05. The number of pyridine rings is 1. The third kappa shape index (κ3) is 4.50. The second-order valence-corrected chi connectivity index (χ2v) is 8.57. The molecule has 2 amide bonds. The van der Waals surface area contributed by atoms with Gasteiger partial charge in [-0.05, 0) is 57.0 Å². The van der Waals surface area contributed by atoms with Crippen molar-refractivity contribution in [2.75, 3.05) is 0 Å². The first-order valence-electron chi connectivity index (χ1n) is 11.2. The van der Waals surface area contributed by atoms with Crippen LogP contribution < -0.4 is 15.6 Å². The minimum absolute atomic E-state index is 0.0677. The average molecular weight is 460 g/mol. The zero-order valence-electron chi connectivity index (χ0n) is 18.9. The number of nitrogens with zero attached hydrogens (tertiary/aromatic N) is 3. The first-order chi connectivity index (χ1) is 16.5. The van der Waals surface area contributed by atoms with Crippen LogP contribution in [0.15, 0.2) is 59.1 Å². The number of nitrogens with one attached hydrogen (secondary N) is 2. The molecule has 9 heteroatoms. The Kier molecular flexibility index (Phi) is 5.75. The summed E-state index contributed by atoms with van der Waals surface area (Å²) in [6.07, 6.45) is 3.75. The number of hydrogen-bond donors (Lipinski definition) is 2. The fourth-order valence-corrected chi connectivity index (χ4v) is 3.68. The van der Waals surface area contributed by atoms with Crippen LogP contribution in [0.4, 0.5) is 0 Å². The van der Waals surface area contributed by atoms with Gasteiger partial charge in [0.25, 0.3) is 5.91 Å². The van der Waals surface area contributed by atoms with Crippen LogP contribution >= 0.6 is 0 Å². The Balaban J connectivity index is 1.26. The number of carbonyl (C=O) groups excluding carboxylic acids is 2. The fourth-order valence-electron chi connectivity index (χ4n) is 3.68. The van der Waals surface area contributed by atoms with Crippen molar-refractivity contribution in [2.45, 2.75) is 45.3 Å². The van der Waals surface area contributed by atoms with Gasteiger partial charge in [-0.15, -0.1) is 0 Å². The fraction of sp³-hybridized carbons (Fsp3) is 0.280. The van der Waals surface area contributed by atoms with E-state index in [4.69, 9.17) is 14.1 Å². The smallest absolute Gasteiger partial charge is 0.305 e. The van der Waals surface area contributed by atoms with Crippen LogP contribution in [0, 0.1) is 0 Å². The third-order valence-electron chi connectivity index (χ3n) is 5.62. The van der Waals surface area contributed by atoms with Gasteiger partial charge in [0.1, 0.15) is 18.1 Å². The lowest BCUT2D eigenvalue weighted by Crippen LogP contribution is -2.41. The Labute approximate surface area is 196 Å². The van der Waals surface area contributed by atoms with Gasteiger partial charge in [-0.2, -0.15) is 5.10 Å². The Morgan fingerprint density at radius 1 is 1.12 bits per heavy atom. The summed E-state index contributed by atoms with van der Waals surface area (Å²) in [5.41, 5.74) is 6.88. The summed E-state index contributed by atoms with van der Waals surface area (Å²) in [7, 11) is 0. The quantitative estimate of drug-likeness (QED) is 0.402. The zero-order valence-corrected chi connectivity index (χ0v) is 18.9. The molecule has 34 heavy (non-hydrogen) atoms. The van der Waals surface area contributed by atoms with Gasteiger partial charge in [0.2, 0.25) is 0 Å². The number of rotatable bonds is 7. The zero-order chi connectivity index (χ0) is 23.7. The molecule has 0 saturated heterocycles. The van der Waals surface area contributed by atoms with Crippen LogP contribution in [-0.4, -0.2) is 26.6 Å². The molecule has 0 radical (unpaired) electrons. The first-order valence-corrected chi connectivity index (χ1v) is 11.2. The van der Waals surface area contributed by atoms with E-state index in [2.05, 4.69) is 16.0 Å². The van der Waals surface area contributed by atoms with E-state index in [0.29, 0.717) is 34.0 Å². The molecule has 174 valence electrons. The van der Waals surface area contributed by atoms with Gasteiger partial charge in [-0.1, -0.05) is 18.2 Å². The Morgan fingerprint density at radius 3 is 2.62 bits per heavy atom. The second kappa shape index (κ2) is 9.01. The van der Waals surface area contributed by atoms with Crippen molar-refractivity contribution in [3.05, 3.63) is 77.5 Å². The van der Waals surface area contributed by atoms with E-state index < -0.39 is 11.8 Å². The number of aromatic nitrogens is 3. The van der Waals surface area contributed by atoms with Crippen molar-refractivity contribution in [2.24, 2.45) is 0 Å². The third-order valence-corrected chi connectivity index (χ3v) is 5.62. The predicted octanol–water partition coefficient (Wildman–Crippen LogP) is 4.14. The molecule has 4 aromatic rings. The molecule has 9 nitrogen and oxygen atoms in total. The maximum Gasteiger partial charge on any atom is 0.305 e. The highest BCUT2D eigenvalue weighted by atomic mass is 16.5. The molecule has 1 saturated carbocycles. The largest absolute Gasteiger partial charge is 0.486 e. The maximum atomic E-state index is 13.0. The highest BCUT2D eigenvalue weighted by Gasteiger charge is 2.28. The van der Waals surface area contributed by atoms with Crippen molar-refractivity contribution >= 4 is 22.8 Å². The summed E-state index contributed by atoms with van der Waals surface area (Å²) in [5.74, 6) is 0.618. The SMILES string of the molecule is CC(C)n1ncc2c(C(=O)NNC(=O)c3ccc(COc4ccccc4)o3)cc(C3CC3)nc21. The highest BCUT2D eigenvalue weighted by molar-refractivity contribution is 6.06. The van der Waals surface area contributed by atoms with Crippen molar-refractivity contribution < 1.29 is 18.7 Å². The lowest BCUT2D eigenvalue weighted by Gasteiger charge is -2.11. The molecule has 1 aliphatic carbocycles. The van der Waals surface area contributed by atoms with Gasteiger partial charge in [-0.3, -0.25) is 20.4 Å². The Hall–Kier alpha value is -4.14. The molecule has 0 aliphatic heterocycles. The Bertz CT molecular complexity index is 1340. The number of hydrogen-bond acceptors (Lipinski definition) is 6. The van der Waals surface area contributed by atoms with E-state index in [-0.39, 0.29) is 18.4 Å². The first kappa shape index (κ1) is 21.7. The number of benzene rings is 1. The molecular formula is C25H25N5O4. The van der Waals surface area contributed by atoms with Gasteiger partial charge >= 0.3 is 5.91 Å². The van der Waals surface area contributed by atoms with E-state index in [9.17, 15) is 9.59 Å². The number of fused-ring (bicyclic) bond motifs is 1. The second-order valence-electron chi connectivity index (χ2n) is 8.57. The van der Waals surface area contributed by atoms with E-state index in [1.54, 1.807) is 23.0 Å². The van der Waals surface area contributed by atoms with Crippen LogP contribution in [-0.2, 0) is 6.61 Å². The summed E-state index contributed by atoms with van der Waals surface area (Å²) in [6, 6.07) is 14.4. The number of para-hydroxylation sites is 1. The summed E-state index contributed by atoms with van der Waals surface area (Å²) < 4.78 is 13.0. The molecule has 2 N–H and O–H groups in total. The van der Waals surface area contributed by atoms with Crippen LogP contribution in [0.3, 0.4) is 0 Å². The van der Waals surface area contributed by atoms with Crippen LogP contribution in [0.25, 0.3) is 11.0 Å². The molecular weight excluding hydrogens is 434 g/mol. The van der Waals surface area contributed by atoms with Gasteiger partial charge in [0.15, 0.2) is 11.4 Å². The highest BCUT2D eigenvalue weighted by Crippen LogP contribution is 2.40. The number of ether oxygens (including phenoxy) is 1. The summed E-state index contributed by atoms with van der Waals surface area (Å²) in [4.78, 5) is 30.3. The van der Waals surface area contributed by atoms with Crippen molar-refractivity contribution in [3.8, 4) is 5.75 Å². The Morgan fingerprint density at radius 2 is 1.88 bits per heavy atom. The van der Waals surface area contributed by atoms with Gasteiger partial charge in [0, 0.05) is 17.7 Å². The van der Waals surface area contributed by atoms with Gasteiger partial charge in [0.05, 0.1) is 17.1 Å². The molecule has 0 atom stereocenters. The monoisotopic (exact) mass is 459 g/mol. The standard InChI is InChI=1S/C25H25N5O4/c1-15(2)30-23-20(13-26-30)19(12-21(27-23)16-8-9-16)24(31)28-29-25(32)22-11-10-18(34-22)14-33-17-6-4-3-5-7-17/h3-7,10-13,15-16H,8-9,14H2,1-2H3,(H,28,31)(H,29,32). The molecule has 0 bridgehead atoms. The van der Waals surface area contributed by atoms with Gasteiger partial charge < -0.3 is 9.15 Å². The molecule has 1 fully saturated rings. The summed E-state index contributed by atoms with van der Waals surface area (Å²) in [6.45, 7) is 4.21. The van der Waals surface area contributed by atoms with Crippen molar-refractivity contribution in [1.82, 2.24) is 25.6 Å². The lowest BCUT2D eigenvalue weighted by molar-refractivity contribution is 0.0829. The molecule has 0 unspecified atom stereocenters. The molecule has 1 aromatic carbocycles. The minimum Gasteiger partial charge on any atom is -0.486 e. The lowest BCUT2D eigenvalue weighted by atomic mass is 10.1. The van der Waals surface area contributed by atoms with E-state index >= 15 is 0 Å². The molecule has 1 aliphatic rings. The number of hydrazine groups is 1. The average Bonchev–Trinajstić information content (AvgIpc) is 3.43. The molecule has 0 spiro atoms. The molecule has 5 rings (SSSR count).